The molecule has 0 saturated carbocycles. The van der Waals surface area contributed by atoms with Crippen molar-refractivity contribution < 1.29 is 9.53 Å². The Bertz CT molecular complexity index is 422. The van der Waals surface area contributed by atoms with Gasteiger partial charge in [-0.3, -0.25) is 0 Å². The summed E-state index contributed by atoms with van der Waals surface area (Å²) in [5, 5.41) is 0. The van der Waals surface area contributed by atoms with Crippen LogP contribution in [0, 0.1) is 0 Å². The highest BCUT2D eigenvalue weighted by Gasteiger charge is 2.37. The van der Waals surface area contributed by atoms with E-state index in [1.54, 1.807) is 0 Å². The van der Waals surface area contributed by atoms with Gasteiger partial charge in [0.25, 0.3) is 0 Å². The molecule has 0 fully saturated rings. The maximum Gasteiger partial charge on any atom is 0.330 e. The number of benzene rings is 1. The van der Waals surface area contributed by atoms with E-state index in [1.807, 2.05) is 30.3 Å². The van der Waals surface area contributed by atoms with Crippen molar-refractivity contribution in [2.45, 2.75) is 38.6 Å². The van der Waals surface area contributed by atoms with Crippen molar-refractivity contribution in [2.75, 3.05) is 26.7 Å². The third-order valence-electron chi connectivity index (χ3n) is 3.94. The second-order valence-corrected chi connectivity index (χ2v) is 5.37. The Labute approximate surface area is 128 Å². The van der Waals surface area contributed by atoms with Crippen molar-refractivity contribution in [2.24, 2.45) is 5.73 Å². The molecule has 1 rings (SSSR count). The molecule has 0 aromatic heterocycles. The molecule has 4 nitrogen and oxygen atoms in total. The molecule has 0 radical (unpaired) electrons. The standard InChI is InChI=1S/C17H28N2O2/c1-4-6-13-19(5-2)14-12-17(18,16(20)21-3)15-10-8-7-9-11-15/h7-11H,4-6,12-14,18H2,1-3H3. The van der Waals surface area contributed by atoms with Gasteiger partial charge in [-0.2, -0.15) is 0 Å². The first kappa shape index (κ1) is 17.7. The largest absolute Gasteiger partial charge is 0.467 e. The highest BCUT2D eigenvalue weighted by atomic mass is 16.5. The van der Waals surface area contributed by atoms with E-state index in [2.05, 4.69) is 18.7 Å². The lowest BCUT2D eigenvalue weighted by Crippen LogP contribution is -2.48. The van der Waals surface area contributed by atoms with E-state index in [0.717, 1.165) is 31.6 Å². The molecule has 0 amide bonds. The van der Waals surface area contributed by atoms with E-state index in [9.17, 15) is 4.79 Å². The molecular formula is C17H28N2O2. The topological polar surface area (TPSA) is 55.6 Å². The summed E-state index contributed by atoms with van der Waals surface area (Å²) in [6.07, 6.45) is 2.89. The molecular weight excluding hydrogens is 264 g/mol. The quantitative estimate of drug-likeness (QED) is 0.711. The van der Waals surface area contributed by atoms with Gasteiger partial charge in [0.1, 0.15) is 5.54 Å². The van der Waals surface area contributed by atoms with Gasteiger partial charge in [-0.25, -0.2) is 4.79 Å². The Morgan fingerprint density at radius 1 is 1.24 bits per heavy atom. The molecule has 0 heterocycles. The van der Waals surface area contributed by atoms with Crippen molar-refractivity contribution in [3.63, 3.8) is 0 Å². The number of unbranched alkanes of at least 4 members (excludes halogenated alkanes) is 1. The average Bonchev–Trinajstić information content (AvgIpc) is 2.54. The van der Waals surface area contributed by atoms with Crippen LogP contribution < -0.4 is 5.73 Å². The van der Waals surface area contributed by atoms with Crippen molar-refractivity contribution >= 4 is 5.97 Å². The third kappa shape index (κ3) is 4.83. The normalized spacial score (nSPS) is 14.0. The number of nitrogens with zero attached hydrogens (tertiary/aromatic N) is 1. The van der Waals surface area contributed by atoms with Crippen LogP contribution in [0.25, 0.3) is 0 Å². The predicted molar refractivity (Wildman–Crippen MR) is 86.0 cm³/mol. The number of esters is 1. The predicted octanol–water partition coefficient (Wildman–Crippen LogP) is 2.53. The van der Waals surface area contributed by atoms with Gasteiger partial charge in [0.2, 0.25) is 0 Å². The van der Waals surface area contributed by atoms with Gasteiger partial charge in [-0.15, -0.1) is 0 Å². The number of hydrogen-bond acceptors (Lipinski definition) is 4. The fourth-order valence-electron chi connectivity index (χ4n) is 2.43. The maximum atomic E-state index is 12.2. The number of rotatable bonds is 9. The van der Waals surface area contributed by atoms with Crippen molar-refractivity contribution in [3.8, 4) is 0 Å². The molecule has 1 aromatic carbocycles. The Balaban J connectivity index is 2.82. The minimum atomic E-state index is -1.07. The molecule has 0 bridgehead atoms. The Morgan fingerprint density at radius 3 is 2.43 bits per heavy atom. The van der Waals surface area contributed by atoms with Crippen LogP contribution in [-0.4, -0.2) is 37.6 Å². The van der Waals surface area contributed by atoms with Crippen molar-refractivity contribution in [3.05, 3.63) is 35.9 Å². The van der Waals surface area contributed by atoms with Gasteiger partial charge in [0.15, 0.2) is 0 Å². The van der Waals surface area contributed by atoms with Gasteiger partial charge in [-0.1, -0.05) is 50.6 Å². The van der Waals surface area contributed by atoms with Gasteiger partial charge < -0.3 is 15.4 Å². The van der Waals surface area contributed by atoms with E-state index in [-0.39, 0.29) is 5.97 Å². The van der Waals surface area contributed by atoms with E-state index in [0.29, 0.717) is 6.42 Å². The second kappa shape index (κ2) is 8.80. The molecule has 0 saturated heterocycles. The van der Waals surface area contributed by atoms with Crippen LogP contribution in [0.1, 0.15) is 38.7 Å². The van der Waals surface area contributed by atoms with E-state index < -0.39 is 5.54 Å². The molecule has 1 unspecified atom stereocenters. The van der Waals surface area contributed by atoms with Crippen molar-refractivity contribution in [1.29, 1.82) is 0 Å². The number of methoxy groups -OCH3 is 1. The average molecular weight is 292 g/mol. The summed E-state index contributed by atoms with van der Waals surface area (Å²) in [5.74, 6) is -0.375. The number of carbonyl (C=O) groups excluding carboxylic acids is 1. The van der Waals surface area contributed by atoms with Crippen LogP contribution in [0.15, 0.2) is 30.3 Å². The number of hydrogen-bond donors (Lipinski definition) is 1. The molecule has 0 spiro atoms. The van der Waals surface area contributed by atoms with Gasteiger partial charge in [0.05, 0.1) is 7.11 Å². The summed E-state index contributed by atoms with van der Waals surface area (Å²) in [6, 6.07) is 9.49. The van der Waals surface area contributed by atoms with Crippen LogP contribution in [0.4, 0.5) is 0 Å². The maximum absolute atomic E-state index is 12.2. The molecule has 1 aromatic rings. The molecule has 0 aliphatic carbocycles. The summed E-state index contributed by atoms with van der Waals surface area (Å²) in [4.78, 5) is 14.5. The second-order valence-electron chi connectivity index (χ2n) is 5.37. The van der Waals surface area contributed by atoms with Crippen LogP contribution >= 0.6 is 0 Å². The molecule has 1 atom stereocenters. The number of carbonyl (C=O) groups is 1. The zero-order chi connectivity index (χ0) is 15.7. The van der Waals surface area contributed by atoms with Crippen LogP contribution in [0.2, 0.25) is 0 Å². The Kier molecular flexibility index (Phi) is 7.40. The molecule has 4 heteroatoms. The fraction of sp³-hybridized carbons (Fsp3) is 0.588. The number of ether oxygens (including phenoxy) is 1. The molecule has 2 N–H and O–H groups in total. The summed E-state index contributed by atoms with van der Waals surface area (Å²) >= 11 is 0. The summed E-state index contributed by atoms with van der Waals surface area (Å²) in [7, 11) is 1.39. The first-order chi connectivity index (χ1) is 10.1. The lowest BCUT2D eigenvalue weighted by molar-refractivity contribution is -0.148. The minimum Gasteiger partial charge on any atom is -0.467 e. The fourth-order valence-corrected chi connectivity index (χ4v) is 2.43. The van der Waals surface area contributed by atoms with E-state index >= 15 is 0 Å². The first-order valence-electron chi connectivity index (χ1n) is 7.73. The molecule has 0 aliphatic rings. The monoisotopic (exact) mass is 292 g/mol. The zero-order valence-electron chi connectivity index (χ0n) is 13.5. The highest BCUT2D eigenvalue weighted by Crippen LogP contribution is 2.24. The first-order valence-corrected chi connectivity index (χ1v) is 7.73. The Hall–Kier alpha value is -1.39. The summed E-state index contributed by atoms with van der Waals surface area (Å²) < 4.78 is 4.93. The Morgan fingerprint density at radius 2 is 1.90 bits per heavy atom. The number of nitrogens with two attached hydrogens (primary N) is 1. The van der Waals surface area contributed by atoms with Crippen molar-refractivity contribution in [1.82, 2.24) is 4.90 Å². The third-order valence-corrected chi connectivity index (χ3v) is 3.94. The smallest absolute Gasteiger partial charge is 0.330 e. The molecule has 118 valence electrons. The summed E-state index contributed by atoms with van der Waals surface area (Å²) in [5.41, 5.74) is 6.14. The van der Waals surface area contributed by atoms with Gasteiger partial charge in [-0.05, 0) is 31.5 Å². The van der Waals surface area contributed by atoms with Crippen LogP contribution in [0.5, 0.6) is 0 Å². The molecule has 0 aliphatic heterocycles. The van der Waals surface area contributed by atoms with Crippen LogP contribution in [0.3, 0.4) is 0 Å². The van der Waals surface area contributed by atoms with Crippen LogP contribution in [-0.2, 0) is 15.1 Å². The lowest BCUT2D eigenvalue weighted by Gasteiger charge is -2.30. The SMILES string of the molecule is CCCCN(CC)CCC(N)(C(=O)OC)c1ccccc1. The highest BCUT2D eigenvalue weighted by molar-refractivity contribution is 5.82. The summed E-state index contributed by atoms with van der Waals surface area (Å²) in [6.45, 7) is 7.11. The lowest BCUT2D eigenvalue weighted by atomic mass is 9.87. The van der Waals surface area contributed by atoms with E-state index in [1.165, 1.54) is 13.5 Å². The zero-order valence-corrected chi connectivity index (χ0v) is 13.5. The van der Waals surface area contributed by atoms with Gasteiger partial charge >= 0.3 is 5.97 Å². The van der Waals surface area contributed by atoms with E-state index in [4.69, 9.17) is 10.5 Å². The molecule has 21 heavy (non-hydrogen) atoms. The van der Waals surface area contributed by atoms with Gasteiger partial charge in [0, 0.05) is 6.54 Å². The minimum absolute atomic E-state index is 0.375.